The molecule has 94 valence electrons. The molecule has 0 amide bonds. The Labute approximate surface area is 104 Å². The van der Waals surface area contributed by atoms with E-state index in [1.165, 1.54) is 6.07 Å². The molecule has 0 bridgehead atoms. The highest BCUT2D eigenvalue weighted by Crippen LogP contribution is 2.19. The summed E-state index contributed by atoms with van der Waals surface area (Å²) < 4.78 is 5.49. The minimum absolute atomic E-state index is 0.346. The maximum Gasteiger partial charge on any atom is 0.499 e. The van der Waals surface area contributed by atoms with Crippen molar-refractivity contribution in [2.75, 3.05) is 0 Å². The number of hydrogen-bond donors (Lipinski definition) is 3. The zero-order valence-corrected chi connectivity index (χ0v) is 10.8. The highest BCUT2D eigenvalue weighted by molar-refractivity contribution is 7.22. The molecule has 17 heavy (non-hydrogen) atoms. The van der Waals surface area contributed by atoms with Crippen molar-refractivity contribution in [1.29, 1.82) is 0 Å². The van der Waals surface area contributed by atoms with Gasteiger partial charge < -0.3 is 20.5 Å². The number of hydrogen-bond acceptors (Lipinski definition) is 6. The molecule has 0 aromatic carbocycles. The van der Waals surface area contributed by atoms with E-state index in [1.807, 2.05) is 0 Å². The quantitative estimate of drug-likeness (QED) is 0.513. The maximum atomic E-state index is 11.7. The number of ether oxygens (including phenoxy) is 1. The van der Waals surface area contributed by atoms with Crippen LogP contribution >= 0.6 is 11.3 Å². The number of nitrogens with two attached hydrogens (primary N) is 1. The van der Waals surface area contributed by atoms with Gasteiger partial charge in [0.05, 0.1) is 0 Å². The van der Waals surface area contributed by atoms with Crippen LogP contribution in [0.25, 0.3) is 0 Å². The van der Waals surface area contributed by atoms with E-state index in [2.05, 4.69) is 0 Å². The van der Waals surface area contributed by atoms with Gasteiger partial charge in [0, 0.05) is 9.65 Å². The van der Waals surface area contributed by atoms with E-state index in [0.29, 0.717) is 9.65 Å². The molecule has 0 radical (unpaired) electrons. The first-order valence-corrected chi connectivity index (χ1v) is 5.96. The van der Waals surface area contributed by atoms with Crippen molar-refractivity contribution in [2.24, 2.45) is 5.73 Å². The molecule has 0 saturated heterocycles. The molecule has 7 heteroatoms. The van der Waals surface area contributed by atoms with Crippen molar-refractivity contribution >= 4 is 29.2 Å². The Hall–Kier alpha value is -0.885. The van der Waals surface area contributed by atoms with Gasteiger partial charge in [0.25, 0.3) is 0 Å². The van der Waals surface area contributed by atoms with Gasteiger partial charge in [0.1, 0.15) is 11.6 Å². The van der Waals surface area contributed by atoms with E-state index >= 15 is 0 Å². The molecule has 0 aliphatic rings. The number of esters is 1. The average molecular weight is 257 g/mol. The molecule has 1 aromatic rings. The van der Waals surface area contributed by atoms with Crippen molar-refractivity contribution in [1.82, 2.24) is 0 Å². The number of thiophene rings is 1. The normalized spacial score (nSPS) is 13.3. The van der Waals surface area contributed by atoms with Crippen LogP contribution in [0.3, 0.4) is 0 Å². The lowest BCUT2D eigenvalue weighted by Gasteiger charge is -2.21. The Morgan fingerprint density at radius 2 is 2.06 bits per heavy atom. The smallest absolute Gasteiger partial charge is 0.459 e. The summed E-state index contributed by atoms with van der Waals surface area (Å²) in [5.74, 6) is -0.529. The molecule has 0 unspecified atom stereocenters. The largest absolute Gasteiger partial charge is 0.499 e. The van der Waals surface area contributed by atoms with E-state index in [9.17, 15) is 4.79 Å². The molecular weight excluding hydrogens is 241 g/mol. The molecule has 0 spiro atoms. The van der Waals surface area contributed by atoms with Crippen LogP contribution in [0.1, 0.15) is 31.7 Å². The van der Waals surface area contributed by atoms with Gasteiger partial charge in [0.2, 0.25) is 0 Å². The molecule has 1 aromatic heterocycles. The molecule has 1 rings (SSSR count). The van der Waals surface area contributed by atoms with E-state index in [-0.39, 0.29) is 0 Å². The molecule has 0 aliphatic heterocycles. The van der Waals surface area contributed by atoms with E-state index < -0.39 is 24.7 Å². The van der Waals surface area contributed by atoms with Gasteiger partial charge in [-0.2, -0.15) is 0 Å². The van der Waals surface area contributed by atoms with Crippen LogP contribution in [-0.2, 0) is 9.53 Å². The molecule has 1 atom stereocenters. The van der Waals surface area contributed by atoms with E-state index in [0.717, 1.165) is 11.3 Å². The van der Waals surface area contributed by atoms with Crippen LogP contribution in [0.2, 0.25) is 0 Å². The lowest BCUT2D eigenvalue weighted by atomic mass is 9.90. The summed E-state index contributed by atoms with van der Waals surface area (Å²) in [5, 5.41) is 17.9. The predicted molar refractivity (Wildman–Crippen MR) is 66.9 cm³/mol. The van der Waals surface area contributed by atoms with Crippen LogP contribution in [0, 0.1) is 0 Å². The molecule has 0 fully saturated rings. The maximum absolute atomic E-state index is 11.7. The fraction of sp³-hybridized carbons (Fsp3) is 0.500. The van der Waals surface area contributed by atoms with Gasteiger partial charge in [0.15, 0.2) is 0 Å². The molecule has 5 nitrogen and oxygen atoms in total. The van der Waals surface area contributed by atoms with Crippen molar-refractivity contribution in [2.45, 2.75) is 32.4 Å². The fourth-order valence-corrected chi connectivity index (χ4v) is 2.03. The standard InChI is InChI=1S/C10H16BNO4S/c1-10(2,3)16-9(13)8(12)6-4-5-7(17-6)11(14)15/h4-5,8,14-15H,12H2,1-3H3/t8-/m0/s1. The summed E-state index contributed by atoms with van der Waals surface area (Å²) in [6.45, 7) is 5.28. The minimum Gasteiger partial charge on any atom is -0.459 e. The Bertz CT molecular complexity index is 399. The number of carbonyl (C=O) groups excluding carboxylic acids is 1. The van der Waals surface area contributed by atoms with Crippen molar-refractivity contribution < 1.29 is 19.6 Å². The zero-order valence-electron chi connectivity index (χ0n) is 10.0. The van der Waals surface area contributed by atoms with Crippen LogP contribution in [0.5, 0.6) is 0 Å². The van der Waals surface area contributed by atoms with Crippen molar-refractivity contribution in [3.63, 3.8) is 0 Å². The van der Waals surface area contributed by atoms with Crippen LogP contribution < -0.4 is 10.5 Å². The molecule has 0 saturated carbocycles. The first-order chi connectivity index (χ1) is 7.70. The second-order valence-electron chi connectivity index (χ2n) is 4.62. The van der Waals surface area contributed by atoms with Gasteiger partial charge in [-0.3, -0.25) is 0 Å². The molecule has 1 heterocycles. The van der Waals surface area contributed by atoms with Gasteiger partial charge in [-0.25, -0.2) is 4.79 Å². The number of rotatable bonds is 3. The van der Waals surface area contributed by atoms with E-state index in [1.54, 1.807) is 26.8 Å². The first-order valence-electron chi connectivity index (χ1n) is 5.15. The lowest BCUT2D eigenvalue weighted by molar-refractivity contribution is -0.156. The topological polar surface area (TPSA) is 92.8 Å². The Morgan fingerprint density at radius 3 is 2.47 bits per heavy atom. The summed E-state index contributed by atoms with van der Waals surface area (Å²) in [5.41, 5.74) is 5.14. The average Bonchev–Trinajstić information content (AvgIpc) is 2.62. The third-order valence-corrected chi connectivity index (χ3v) is 3.08. The highest BCUT2D eigenvalue weighted by atomic mass is 32.1. The third kappa shape index (κ3) is 4.12. The van der Waals surface area contributed by atoms with Crippen molar-refractivity contribution in [3.8, 4) is 0 Å². The molecule has 0 aliphatic carbocycles. The van der Waals surface area contributed by atoms with Crippen LogP contribution in [0.4, 0.5) is 0 Å². The van der Waals surface area contributed by atoms with Gasteiger partial charge >= 0.3 is 13.1 Å². The predicted octanol–water partition coefficient (Wildman–Crippen LogP) is -0.231. The van der Waals surface area contributed by atoms with Gasteiger partial charge in [-0.05, 0) is 26.8 Å². The van der Waals surface area contributed by atoms with Crippen LogP contribution in [0.15, 0.2) is 12.1 Å². The fourth-order valence-electron chi connectivity index (χ4n) is 1.16. The summed E-state index contributed by atoms with van der Waals surface area (Å²) in [6.07, 6.45) is 0. The summed E-state index contributed by atoms with van der Waals surface area (Å²) in [4.78, 5) is 12.2. The zero-order chi connectivity index (χ0) is 13.2. The van der Waals surface area contributed by atoms with Gasteiger partial charge in [-0.1, -0.05) is 6.07 Å². The monoisotopic (exact) mass is 257 g/mol. The Balaban J connectivity index is 2.75. The Kier molecular flexibility index (Phi) is 4.32. The number of carbonyl (C=O) groups is 1. The summed E-state index contributed by atoms with van der Waals surface area (Å²) >= 11 is 1.08. The van der Waals surface area contributed by atoms with E-state index in [4.69, 9.17) is 20.5 Å². The Morgan fingerprint density at radius 1 is 1.47 bits per heavy atom. The third-order valence-electron chi connectivity index (χ3n) is 1.87. The van der Waals surface area contributed by atoms with Gasteiger partial charge in [-0.15, -0.1) is 11.3 Å². The molecule has 4 N–H and O–H groups in total. The second-order valence-corrected chi connectivity index (χ2v) is 5.77. The summed E-state index contributed by atoms with van der Waals surface area (Å²) in [6, 6.07) is 2.22. The lowest BCUT2D eigenvalue weighted by Crippen LogP contribution is -2.31. The summed E-state index contributed by atoms with van der Waals surface area (Å²) in [7, 11) is -1.54. The molecular formula is C10H16BNO4S. The highest BCUT2D eigenvalue weighted by Gasteiger charge is 2.25. The first kappa shape index (κ1) is 14.2. The SMILES string of the molecule is CC(C)(C)OC(=O)[C@@H](N)c1ccc(B(O)O)s1. The second kappa shape index (κ2) is 5.18. The minimum atomic E-state index is -1.54. The van der Waals surface area contributed by atoms with Crippen LogP contribution in [-0.4, -0.2) is 28.7 Å². The van der Waals surface area contributed by atoms with Crippen molar-refractivity contribution in [3.05, 3.63) is 17.0 Å².